The Labute approximate surface area is 107 Å². The summed E-state index contributed by atoms with van der Waals surface area (Å²) < 4.78 is 13.6. The number of aryl methyl sites for hydroxylation is 1. The summed E-state index contributed by atoms with van der Waals surface area (Å²) in [5, 5.41) is 2.82. The molecular weight excluding hydrogens is 231 g/mol. The van der Waals surface area contributed by atoms with Gasteiger partial charge in [0.1, 0.15) is 5.82 Å². The Morgan fingerprint density at radius 1 is 1.33 bits per heavy atom. The van der Waals surface area contributed by atoms with Crippen LogP contribution >= 0.6 is 0 Å². The van der Waals surface area contributed by atoms with E-state index in [-0.39, 0.29) is 23.2 Å². The van der Waals surface area contributed by atoms with Gasteiger partial charge in [0.2, 0.25) is 5.91 Å². The maximum Gasteiger partial charge on any atom is 0.224 e. The number of carbonyl (C=O) groups is 1. The topological polar surface area (TPSA) is 55.1 Å². The maximum absolute atomic E-state index is 13.6. The van der Waals surface area contributed by atoms with Crippen molar-refractivity contribution in [3.8, 4) is 0 Å². The predicted octanol–water partition coefficient (Wildman–Crippen LogP) is 2.76. The van der Waals surface area contributed by atoms with Crippen molar-refractivity contribution in [1.82, 2.24) is 0 Å². The molecule has 1 amide bonds. The van der Waals surface area contributed by atoms with Crippen LogP contribution in [-0.2, 0) is 11.2 Å². The van der Waals surface area contributed by atoms with E-state index in [0.717, 1.165) is 5.56 Å². The number of hydrogen-bond acceptors (Lipinski definition) is 2. The summed E-state index contributed by atoms with van der Waals surface area (Å²) in [5.74, 6) is -0.323. The Kier molecular flexibility index (Phi) is 3.15. The van der Waals surface area contributed by atoms with Crippen LogP contribution in [0.5, 0.6) is 0 Å². The second-order valence-corrected chi connectivity index (χ2v) is 5.92. The van der Waals surface area contributed by atoms with Crippen molar-refractivity contribution in [1.29, 1.82) is 0 Å². The van der Waals surface area contributed by atoms with Crippen LogP contribution in [-0.4, -0.2) is 5.91 Å². The zero-order valence-corrected chi connectivity index (χ0v) is 11.0. The SMILES string of the molecule is CC(C)(C)C(N)c1cc(F)cc2c1NC(=O)CC2. The third kappa shape index (κ3) is 2.38. The van der Waals surface area contributed by atoms with Gasteiger partial charge in [0.25, 0.3) is 0 Å². The lowest BCUT2D eigenvalue weighted by Gasteiger charge is -2.31. The van der Waals surface area contributed by atoms with Crippen molar-refractivity contribution < 1.29 is 9.18 Å². The monoisotopic (exact) mass is 250 g/mol. The third-order valence-electron chi connectivity index (χ3n) is 3.37. The highest BCUT2D eigenvalue weighted by Crippen LogP contribution is 2.38. The van der Waals surface area contributed by atoms with Gasteiger partial charge >= 0.3 is 0 Å². The third-order valence-corrected chi connectivity index (χ3v) is 3.37. The van der Waals surface area contributed by atoms with E-state index in [4.69, 9.17) is 5.73 Å². The molecule has 1 heterocycles. The van der Waals surface area contributed by atoms with Crippen molar-refractivity contribution in [3.63, 3.8) is 0 Å². The van der Waals surface area contributed by atoms with Gasteiger partial charge in [-0.15, -0.1) is 0 Å². The average molecular weight is 250 g/mol. The lowest BCUT2D eigenvalue weighted by Crippen LogP contribution is -2.29. The van der Waals surface area contributed by atoms with Crippen LogP contribution in [0, 0.1) is 11.2 Å². The summed E-state index contributed by atoms with van der Waals surface area (Å²) in [4.78, 5) is 11.5. The van der Waals surface area contributed by atoms with E-state index in [9.17, 15) is 9.18 Å². The molecule has 1 atom stereocenters. The van der Waals surface area contributed by atoms with Gasteiger partial charge < -0.3 is 11.1 Å². The normalized spacial score (nSPS) is 17.1. The molecule has 0 spiro atoms. The fraction of sp³-hybridized carbons (Fsp3) is 0.500. The van der Waals surface area contributed by atoms with Gasteiger partial charge in [-0.3, -0.25) is 4.79 Å². The van der Waals surface area contributed by atoms with Gasteiger partial charge in [0.05, 0.1) is 0 Å². The molecule has 2 rings (SSSR count). The van der Waals surface area contributed by atoms with Crippen molar-refractivity contribution in [3.05, 3.63) is 29.1 Å². The minimum atomic E-state index is -0.319. The van der Waals surface area contributed by atoms with E-state index >= 15 is 0 Å². The van der Waals surface area contributed by atoms with Crippen LogP contribution in [0.25, 0.3) is 0 Å². The molecule has 3 N–H and O–H groups in total. The molecule has 98 valence electrons. The molecule has 0 radical (unpaired) electrons. The van der Waals surface area contributed by atoms with Crippen LogP contribution in [0.2, 0.25) is 0 Å². The van der Waals surface area contributed by atoms with E-state index in [1.165, 1.54) is 12.1 Å². The van der Waals surface area contributed by atoms with Crippen LogP contribution in [0.4, 0.5) is 10.1 Å². The fourth-order valence-electron chi connectivity index (χ4n) is 2.20. The number of nitrogens with two attached hydrogens (primary N) is 1. The summed E-state index contributed by atoms with van der Waals surface area (Å²) in [6.07, 6.45) is 0.976. The van der Waals surface area contributed by atoms with Crippen molar-refractivity contribution in [2.75, 3.05) is 5.32 Å². The first kappa shape index (κ1) is 13.0. The molecule has 4 heteroatoms. The molecule has 1 aromatic carbocycles. The van der Waals surface area contributed by atoms with E-state index in [1.807, 2.05) is 20.8 Å². The molecule has 0 aliphatic carbocycles. The van der Waals surface area contributed by atoms with E-state index in [1.54, 1.807) is 0 Å². The average Bonchev–Trinajstić information content (AvgIpc) is 2.26. The Morgan fingerprint density at radius 2 is 2.00 bits per heavy atom. The van der Waals surface area contributed by atoms with Gasteiger partial charge in [-0.1, -0.05) is 20.8 Å². The molecule has 1 unspecified atom stereocenters. The number of amides is 1. The number of nitrogens with one attached hydrogen (secondary N) is 1. The molecule has 1 aliphatic rings. The zero-order valence-electron chi connectivity index (χ0n) is 11.0. The number of hydrogen-bond donors (Lipinski definition) is 2. The summed E-state index contributed by atoms with van der Waals surface area (Å²) in [7, 11) is 0. The summed E-state index contributed by atoms with van der Waals surface area (Å²) >= 11 is 0. The molecule has 0 aromatic heterocycles. The first-order valence-corrected chi connectivity index (χ1v) is 6.17. The first-order valence-electron chi connectivity index (χ1n) is 6.17. The van der Waals surface area contributed by atoms with Crippen LogP contribution in [0.15, 0.2) is 12.1 Å². The highest BCUT2D eigenvalue weighted by Gasteiger charge is 2.28. The summed E-state index contributed by atoms with van der Waals surface area (Å²) in [6.45, 7) is 6.00. The first-order chi connectivity index (χ1) is 8.29. The lowest BCUT2D eigenvalue weighted by atomic mass is 9.81. The smallest absolute Gasteiger partial charge is 0.224 e. The molecule has 0 saturated carbocycles. The molecule has 3 nitrogen and oxygen atoms in total. The highest BCUT2D eigenvalue weighted by molar-refractivity contribution is 5.95. The molecule has 1 aromatic rings. The minimum absolute atomic E-state index is 0.0310. The molecule has 1 aliphatic heterocycles. The van der Waals surface area contributed by atoms with Gasteiger partial charge in [0.15, 0.2) is 0 Å². The molecule has 0 bridgehead atoms. The quantitative estimate of drug-likeness (QED) is 0.805. The number of benzene rings is 1. The summed E-state index contributed by atoms with van der Waals surface area (Å²) in [5.41, 5.74) is 8.23. The van der Waals surface area contributed by atoms with Crippen molar-refractivity contribution in [2.24, 2.45) is 11.1 Å². The van der Waals surface area contributed by atoms with E-state index in [2.05, 4.69) is 5.32 Å². The predicted molar refractivity (Wildman–Crippen MR) is 69.7 cm³/mol. The van der Waals surface area contributed by atoms with Gasteiger partial charge in [0, 0.05) is 18.2 Å². The largest absolute Gasteiger partial charge is 0.326 e. The Balaban J connectivity index is 2.53. The lowest BCUT2D eigenvalue weighted by molar-refractivity contribution is -0.116. The van der Waals surface area contributed by atoms with Gasteiger partial charge in [-0.05, 0) is 35.1 Å². The fourth-order valence-corrected chi connectivity index (χ4v) is 2.20. The van der Waals surface area contributed by atoms with Crippen LogP contribution < -0.4 is 11.1 Å². The zero-order chi connectivity index (χ0) is 13.5. The minimum Gasteiger partial charge on any atom is -0.326 e. The van der Waals surface area contributed by atoms with E-state index in [0.29, 0.717) is 24.1 Å². The second kappa shape index (κ2) is 4.35. The molecular formula is C14H19FN2O. The molecule has 0 saturated heterocycles. The van der Waals surface area contributed by atoms with Crippen LogP contribution in [0.1, 0.15) is 44.4 Å². The standard InChI is InChI=1S/C14H19FN2O/c1-14(2,3)13(16)10-7-9(15)6-8-4-5-11(18)17-12(8)10/h6-7,13H,4-5,16H2,1-3H3,(H,17,18). The maximum atomic E-state index is 13.6. The van der Waals surface area contributed by atoms with Crippen LogP contribution in [0.3, 0.4) is 0 Å². The van der Waals surface area contributed by atoms with Gasteiger partial charge in [-0.25, -0.2) is 4.39 Å². The number of anilines is 1. The van der Waals surface area contributed by atoms with Crippen molar-refractivity contribution >= 4 is 11.6 Å². The molecule has 0 fully saturated rings. The highest BCUT2D eigenvalue weighted by atomic mass is 19.1. The Bertz CT molecular complexity index is 491. The number of fused-ring (bicyclic) bond motifs is 1. The van der Waals surface area contributed by atoms with Crippen molar-refractivity contribution in [2.45, 2.75) is 39.7 Å². The summed E-state index contributed by atoms with van der Waals surface area (Å²) in [6, 6.07) is 2.59. The number of rotatable bonds is 1. The van der Waals surface area contributed by atoms with E-state index < -0.39 is 0 Å². The Hall–Kier alpha value is -1.42. The Morgan fingerprint density at radius 3 is 2.61 bits per heavy atom. The number of halogens is 1. The van der Waals surface area contributed by atoms with Gasteiger partial charge in [-0.2, -0.15) is 0 Å². The number of carbonyl (C=O) groups excluding carboxylic acids is 1. The molecule has 18 heavy (non-hydrogen) atoms. The second-order valence-electron chi connectivity index (χ2n) is 5.92.